The van der Waals surface area contributed by atoms with E-state index in [1.165, 1.54) is 0 Å². The first-order valence-electron chi connectivity index (χ1n) is 12.9. The van der Waals surface area contributed by atoms with E-state index < -0.39 is 5.60 Å². The number of nitrogens with zero attached hydrogens (tertiary/aromatic N) is 4. The third kappa shape index (κ3) is 6.51. The zero-order chi connectivity index (χ0) is 25.2. The van der Waals surface area contributed by atoms with Crippen molar-refractivity contribution >= 4 is 23.7 Å². The van der Waals surface area contributed by atoms with Crippen LogP contribution in [0.3, 0.4) is 0 Å². The maximum absolute atomic E-state index is 12.3. The van der Waals surface area contributed by atoms with Gasteiger partial charge in [0.1, 0.15) is 11.4 Å². The summed E-state index contributed by atoms with van der Waals surface area (Å²) < 4.78 is 5.52. The van der Waals surface area contributed by atoms with Crippen molar-refractivity contribution in [1.82, 2.24) is 20.1 Å². The summed E-state index contributed by atoms with van der Waals surface area (Å²) in [7, 11) is 0. The fraction of sp³-hybridized carbons (Fsp3) is 0.692. The second kappa shape index (κ2) is 10.5. The maximum atomic E-state index is 12.3. The number of imide groups is 1. The summed E-state index contributed by atoms with van der Waals surface area (Å²) in [5.74, 6) is 0.796. The molecule has 0 aliphatic carbocycles. The van der Waals surface area contributed by atoms with Crippen LogP contribution in [0, 0.1) is 5.92 Å². The van der Waals surface area contributed by atoms with Crippen LogP contribution in [-0.4, -0.2) is 83.6 Å². The molecule has 1 unspecified atom stereocenters. The first-order valence-corrected chi connectivity index (χ1v) is 12.9. The number of hydrogen-bond acceptors (Lipinski definition) is 7. The van der Waals surface area contributed by atoms with Crippen LogP contribution in [0.1, 0.15) is 64.9 Å². The maximum Gasteiger partial charge on any atom is 0.410 e. The molecule has 2 atom stereocenters. The van der Waals surface area contributed by atoms with E-state index in [1.54, 1.807) is 6.20 Å². The lowest BCUT2D eigenvalue weighted by Gasteiger charge is -2.43. The van der Waals surface area contributed by atoms with E-state index in [1.807, 2.05) is 37.8 Å². The second-order valence-corrected chi connectivity index (χ2v) is 11.2. The number of aromatic nitrogens is 1. The quantitative estimate of drug-likeness (QED) is 0.655. The molecule has 1 aromatic heterocycles. The predicted octanol–water partition coefficient (Wildman–Crippen LogP) is 2.76. The van der Waals surface area contributed by atoms with Gasteiger partial charge in [-0.15, -0.1) is 0 Å². The van der Waals surface area contributed by atoms with Crippen LogP contribution in [-0.2, 0) is 14.3 Å². The van der Waals surface area contributed by atoms with Gasteiger partial charge in [-0.05, 0) is 64.5 Å². The van der Waals surface area contributed by atoms with Gasteiger partial charge in [0, 0.05) is 57.9 Å². The third-order valence-electron chi connectivity index (χ3n) is 7.26. The van der Waals surface area contributed by atoms with E-state index in [0.717, 1.165) is 63.5 Å². The van der Waals surface area contributed by atoms with Crippen molar-refractivity contribution in [3.63, 3.8) is 0 Å². The molecule has 4 rings (SSSR count). The lowest BCUT2D eigenvalue weighted by molar-refractivity contribution is -0.134. The molecule has 1 N–H and O–H groups in total. The predicted molar refractivity (Wildman–Crippen MR) is 133 cm³/mol. The molecule has 3 amide bonds. The number of rotatable bonds is 4. The summed E-state index contributed by atoms with van der Waals surface area (Å²) in [6, 6.07) is 4.37. The zero-order valence-corrected chi connectivity index (χ0v) is 21.5. The Morgan fingerprint density at radius 2 is 1.86 bits per heavy atom. The number of hydrogen-bond donors (Lipinski definition) is 1. The molecule has 192 valence electrons. The molecule has 3 aliphatic heterocycles. The van der Waals surface area contributed by atoms with Crippen LogP contribution in [0.2, 0.25) is 0 Å². The van der Waals surface area contributed by atoms with Gasteiger partial charge in [-0.25, -0.2) is 9.78 Å². The van der Waals surface area contributed by atoms with E-state index >= 15 is 0 Å². The Hall–Kier alpha value is -2.68. The number of piperidine rings is 2. The van der Waals surface area contributed by atoms with Gasteiger partial charge in [-0.3, -0.25) is 19.8 Å². The average molecular weight is 486 g/mol. The summed E-state index contributed by atoms with van der Waals surface area (Å²) in [5.41, 5.74) is 0.409. The minimum Gasteiger partial charge on any atom is -0.444 e. The van der Waals surface area contributed by atoms with Crippen LogP contribution in [0.5, 0.6) is 0 Å². The highest BCUT2D eigenvalue weighted by atomic mass is 16.6. The number of carbonyl (C=O) groups is 3. The number of amides is 3. The number of ether oxygens (including phenoxy) is 1. The first-order chi connectivity index (χ1) is 16.6. The number of pyridine rings is 1. The van der Waals surface area contributed by atoms with Crippen molar-refractivity contribution in [3.8, 4) is 0 Å². The van der Waals surface area contributed by atoms with Crippen LogP contribution >= 0.6 is 0 Å². The lowest BCUT2D eigenvalue weighted by Crippen LogP contribution is -2.54. The van der Waals surface area contributed by atoms with Crippen molar-refractivity contribution < 1.29 is 19.1 Å². The Labute approximate surface area is 208 Å². The highest BCUT2D eigenvalue weighted by Crippen LogP contribution is 2.27. The van der Waals surface area contributed by atoms with E-state index in [0.29, 0.717) is 24.8 Å². The molecular formula is C26H39N5O4. The smallest absolute Gasteiger partial charge is 0.410 e. The number of piperazine rings is 1. The molecule has 3 fully saturated rings. The van der Waals surface area contributed by atoms with Gasteiger partial charge < -0.3 is 14.5 Å². The largest absolute Gasteiger partial charge is 0.444 e. The van der Waals surface area contributed by atoms with Gasteiger partial charge in [0.05, 0.1) is 5.92 Å². The normalized spacial score (nSPS) is 24.9. The zero-order valence-electron chi connectivity index (χ0n) is 21.5. The summed E-state index contributed by atoms with van der Waals surface area (Å²) in [4.78, 5) is 47.2. The van der Waals surface area contributed by atoms with E-state index in [4.69, 9.17) is 4.74 Å². The van der Waals surface area contributed by atoms with E-state index in [2.05, 4.69) is 27.0 Å². The van der Waals surface area contributed by atoms with Crippen molar-refractivity contribution in [2.45, 2.75) is 70.9 Å². The van der Waals surface area contributed by atoms with Crippen molar-refractivity contribution in [3.05, 3.63) is 23.9 Å². The molecule has 0 aromatic carbocycles. The molecule has 0 bridgehead atoms. The molecular weight excluding hydrogens is 446 g/mol. The second-order valence-electron chi connectivity index (χ2n) is 11.2. The van der Waals surface area contributed by atoms with Gasteiger partial charge in [-0.2, -0.15) is 0 Å². The molecule has 0 spiro atoms. The molecule has 0 saturated carbocycles. The van der Waals surface area contributed by atoms with Gasteiger partial charge >= 0.3 is 6.09 Å². The topological polar surface area (TPSA) is 95.1 Å². The molecule has 3 aliphatic rings. The Morgan fingerprint density at radius 1 is 1.11 bits per heavy atom. The van der Waals surface area contributed by atoms with Gasteiger partial charge in [0.2, 0.25) is 11.8 Å². The molecule has 4 heterocycles. The highest BCUT2D eigenvalue weighted by molar-refractivity contribution is 6.00. The Bertz CT molecular complexity index is 921. The summed E-state index contributed by atoms with van der Waals surface area (Å²) in [5, 5.41) is 2.42. The monoisotopic (exact) mass is 485 g/mol. The Kier molecular flexibility index (Phi) is 7.64. The van der Waals surface area contributed by atoms with E-state index in [-0.39, 0.29) is 23.8 Å². The average Bonchev–Trinajstić information content (AvgIpc) is 2.80. The third-order valence-corrected chi connectivity index (χ3v) is 7.26. The molecule has 9 heteroatoms. The summed E-state index contributed by atoms with van der Waals surface area (Å²) in [6.45, 7) is 13.3. The Balaban J connectivity index is 1.24. The van der Waals surface area contributed by atoms with Gasteiger partial charge in [-0.1, -0.05) is 6.07 Å². The lowest BCUT2D eigenvalue weighted by atomic mass is 9.92. The minimum absolute atomic E-state index is 0.198. The van der Waals surface area contributed by atoms with Crippen molar-refractivity contribution in [2.75, 3.05) is 44.2 Å². The SMILES string of the molecule is C[C@H]1CN(c2ccc(C3CCC(=O)NC3=O)cn2)CCN1CC1CCN(C(=O)OC(C)(C)C)CC1. The number of carbonyl (C=O) groups excluding carboxylic acids is 3. The number of likely N-dealkylation sites (tertiary alicyclic amines) is 1. The van der Waals surface area contributed by atoms with Crippen molar-refractivity contribution in [1.29, 1.82) is 0 Å². The molecule has 1 aromatic rings. The van der Waals surface area contributed by atoms with Crippen LogP contribution in [0.15, 0.2) is 18.3 Å². The van der Waals surface area contributed by atoms with Gasteiger partial charge in [0.25, 0.3) is 0 Å². The van der Waals surface area contributed by atoms with Crippen LogP contribution in [0.4, 0.5) is 10.6 Å². The number of anilines is 1. The minimum atomic E-state index is -0.455. The standard InChI is InChI=1S/C26H39N5O4/c1-18-16-31(22-7-5-20(15-27-22)21-6-8-23(32)28-24(21)33)14-13-30(18)17-19-9-11-29(12-10-19)25(34)35-26(2,3)4/h5,7,15,18-19,21H,6,8-14,16-17H2,1-4H3,(H,28,32,33)/t18-,21?/m0/s1. The number of nitrogens with one attached hydrogen (secondary N) is 1. The molecule has 9 nitrogen and oxygen atoms in total. The van der Waals surface area contributed by atoms with Crippen LogP contribution in [0.25, 0.3) is 0 Å². The van der Waals surface area contributed by atoms with E-state index in [9.17, 15) is 14.4 Å². The fourth-order valence-electron chi connectivity index (χ4n) is 5.23. The van der Waals surface area contributed by atoms with Crippen molar-refractivity contribution in [2.24, 2.45) is 5.92 Å². The molecule has 3 saturated heterocycles. The first kappa shape index (κ1) is 25.4. The molecule has 35 heavy (non-hydrogen) atoms. The highest BCUT2D eigenvalue weighted by Gasteiger charge is 2.31. The Morgan fingerprint density at radius 3 is 2.46 bits per heavy atom. The fourth-order valence-corrected chi connectivity index (χ4v) is 5.23. The molecule has 0 radical (unpaired) electrons. The summed E-state index contributed by atoms with van der Waals surface area (Å²) in [6.07, 6.45) is 4.51. The van der Waals surface area contributed by atoms with Gasteiger partial charge in [0.15, 0.2) is 0 Å². The van der Waals surface area contributed by atoms with Crippen LogP contribution < -0.4 is 10.2 Å². The summed E-state index contributed by atoms with van der Waals surface area (Å²) >= 11 is 0.